The molecule has 0 aliphatic carbocycles. The number of fused-ring (bicyclic) bond motifs is 4. The molecular weight excluding hydrogens is 516 g/mol. The van der Waals surface area contributed by atoms with Gasteiger partial charge in [-0.15, -0.1) is 11.3 Å². The molecular formula is C38H24N2S. The molecule has 2 nitrogen and oxygen atoms in total. The standard InChI is InChI=1S/C38H24N2S/c1-3-10-25(11-4-1)35-24-33(38(41-35)28-12-5-2-6-13-28)31-20-21-32(30-16-8-7-15-29(30)31)34-22-19-27-18-17-26-14-9-23-39-36(26)37(27)40-34/h1-24H/i9D,14D,17D,18D,19D,22D,23D. The lowest BCUT2D eigenvalue weighted by Gasteiger charge is -2.13. The molecule has 41 heavy (non-hydrogen) atoms. The third kappa shape index (κ3) is 4.10. The molecule has 0 spiro atoms. The molecule has 5 aromatic carbocycles. The maximum atomic E-state index is 9.03. The van der Waals surface area contributed by atoms with Crippen LogP contribution in [0.25, 0.3) is 75.8 Å². The minimum absolute atomic E-state index is 0.00638. The van der Waals surface area contributed by atoms with Crippen LogP contribution in [-0.2, 0) is 0 Å². The van der Waals surface area contributed by atoms with Gasteiger partial charge < -0.3 is 0 Å². The summed E-state index contributed by atoms with van der Waals surface area (Å²) in [4.78, 5) is 11.3. The van der Waals surface area contributed by atoms with Gasteiger partial charge in [0.2, 0.25) is 0 Å². The van der Waals surface area contributed by atoms with E-state index in [4.69, 9.17) is 14.6 Å². The Balaban J connectivity index is 1.41. The predicted octanol–water partition coefficient (Wildman–Crippen LogP) is 10.7. The van der Waals surface area contributed by atoms with Crippen molar-refractivity contribution in [1.29, 1.82) is 0 Å². The van der Waals surface area contributed by atoms with Gasteiger partial charge in [-0.3, -0.25) is 4.98 Å². The summed E-state index contributed by atoms with van der Waals surface area (Å²) in [6.07, 6.45) is -0.453. The number of nitrogens with zero attached hydrogens (tertiary/aromatic N) is 2. The van der Waals surface area contributed by atoms with Gasteiger partial charge in [-0.05, 0) is 45.6 Å². The molecule has 3 heterocycles. The third-order valence-corrected chi connectivity index (χ3v) is 8.48. The molecule has 8 rings (SSSR count). The summed E-state index contributed by atoms with van der Waals surface area (Å²) in [5, 5.41) is 1.65. The number of hydrogen-bond acceptors (Lipinski definition) is 3. The summed E-state index contributed by atoms with van der Waals surface area (Å²) in [5.74, 6) is 0. The first-order valence-corrected chi connectivity index (χ1v) is 14.0. The molecule has 8 aromatic rings. The van der Waals surface area contributed by atoms with Crippen LogP contribution in [-0.4, -0.2) is 9.97 Å². The molecule has 0 saturated heterocycles. The fourth-order valence-corrected chi connectivity index (χ4v) is 6.51. The largest absolute Gasteiger partial charge is 0.254 e. The van der Waals surface area contributed by atoms with Crippen molar-refractivity contribution in [2.24, 2.45) is 0 Å². The molecule has 0 bridgehead atoms. The highest BCUT2D eigenvalue weighted by Gasteiger charge is 2.18. The molecule has 192 valence electrons. The molecule has 0 radical (unpaired) electrons. The van der Waals surface area contributed by atoms with Gasteiger partial charge in [-0.1, -0.05) is 121 Å². The van der Waals surface area contributed by atoms with Crippen molar-refractivity contribution in [3.8, 4) is 43.3 Å². The molecule has 0 aliphatic rings. The molecule has 0 N–H and O–H groups in total. The summed E-state index contributed by atoms with van der Waals surface area (Å²) in [5.41, 5.74) is 5.19. The molecule has 0 aliphatic heterocycles. The number of rotatable bonds is 4. The third-order valence-electron chi connectivity index (χ3n) is 7.25. The highest BCUT2D eigenvalue weighted by atomic mass is 32.1. The Labute approximate surface area is 252 Å². The first-order valence-electron chi connectivity index (χ1n) is 16.7. The van der Waals surface area contributed by atoms with E-state index in [2.05, 4.69) is 35.3 Å². The van der Waals surface area contributed by atoms with Crippen LogP contribution < -0.4 is 0 Å². The number of aromatic nitrogens is 2. The summed E-state index contributed by atoms with van der Waals surface area (Å²) in [7, 11) is 0. The Hall–Kier alpha value is -5.12. The lowest BCUT2D eigenvalue weighted by molar-refractivity contribution is 1.37. The lowest BCUT2D eigenvalue weighted by atomic mass is 9.92. The molecule has 0 atom stereocenters. The van der Waals surface area contributed by atoms with Gasteiger partial charge in [0, 0.05) is 37.8 Å². The molecule has 0 amide bonds. The van der Waals surface area contributed by atoms with E-state index in [-0.39, 0.29) is 57.7 Å². The summed E-state index contributed by atoms with van der Waals surface area (Å²) >= 11 is 1.73. The van der Waals surface area contributed by atoms with Gasteiger partial charge in [-0.25, -0.2) is 4.98 Å². The minimum atomic E-state index is -0.453. The average Bonchev–Trinajstić information content (AvgIpc) is 3.56. The van der Waals surface area contributed by atoms with Crippen LogP contribution in [0.2, 0.25) is 0 Å². The van der Waals surface area contributed by atoms with E-state index in [1.165, 1.54) is 0 Å². The molecule has 0 unspecified atom stereocenters. The van der Waals surface area contributed by atoms with Crippen LogP contribution in [0.15, 0.2) is 146 Å². The zero-order valence-corrected chi connectivity index (χ0v) is 22.4. The second-order valence-corrected chi connectivity index (χ2v) is 10.7. The number of hydrogen-bond donors (Lipinski definition) is 0. The first kappa shape index (κ1) is 17.5. The van der Waals surface area contributed by atoms with Crippen LogP contribution in [0, 0.1) is 0 Å². The van der Waals surface area contributed by atoms with Crippen molar-refractivity contribution in [2.45, 2.75) is 0 Å². The van der Waals surface area contributed by atoms with Crippen LogP contribution in [0.1, 0.15) is 9.60 Å². The molecule has 3 aromatic heterocycles. The Bertz CT molecular complexity index is 2590. The SMILES string of the molecule is [2H]c1nc2c(c([2H])c1[2H])c([2H])c([2H])c1c([2H])c([2H])c(-c3ccc(-c4cc(-c5ccccc5)sc4-c4ccccc4)c4ccccc34)nc12. The van der Waals surface area contributed by atoms with Gasteiger partial charge in [0.15, 0.2) is 0 Å². The highest BCUT2D eigenvalue weighted by Crippen LogP contribution is 2.46. The zero-order valence-electron chi connectivity index (χ0n) is 28.6. The van der Waals surface area contributed by atoms with E-state index >= 15 is 0 Å². The van der Waals surface area contributed by atoms with E-state index in [0.29, 0.717) is 5.56 Å². The number of pyridine rings is 2. The van der Waals surface area contributed by atoms with E-state index in [9.17, 15) is 0 Å². The Morgan fingerprint density at radius 3 is 1.98 bits per heavy atom. The minimum Gasteiger partial charge on any atom is -0.254 e. The fourth-order valence-electron chi connectivity index (χ4n) is 5.32. The Kier molecular flexibility index (Phi) is 4.20. The van der Waals surface area contributed by atoms with E-state index in [1.54, 1.807) is 11.3 Å². The van der Waals surface area contributed by atoms with Crippen molar-refractivity contribution in [3.05, 3.63) is 146 Å². The summed E-state index contributed by atoms with van der Waals surface area (Å²) < 4.78 is 59.9. The van der Waals surface area contributed by atoms with Crippen molar-refractivity contribution in [3.63, 3.8) is 0 Å². The van der Waals surface area contributed by atoms with Gasteiger partial charge in [0.25, 0.3) is 0 Å². The maximum absolute atomic E-state index is 9.03. The van der Waals surface area contributed by atoms with Gasteiger partial charge >= 0.3 is 0 Å². The van der Waals surface area contributed by atoms with Gasteiger partial charge in [0.05, 0.1) is 26.3 Å². The Morgan fingerprint density at radius 1 is 0.561 bits per heavy atom. The maximum Gasteiger partial charge on any atom is 0.0972 e. The lowest BCUT2D eigenvalue weighted by Crippen LogP contribution is -1.91. The van der Waals surface area contributed by atoms with Gasteiger partial charge in [0.1, 0.15) is 0 Å². The van der Waals surface area contributed by atoms with E-state index in [1.807, 2.05) is 72.8 Å². The number of benzene rings is 5. The highest BCUT2D eigenvalue weighted by molar-refractivity contribution is 7.19. The molecule has 0 saturated carbocycles. The first-order chi connectivity index (χ1) is 23.2. The second-order valence-electron chi connectivity index (χ2n) is 9.67. The summed E-state index contributed by atoms with van der Waals surface area (Å²) in [6.45, 7) is 0. The quantitative estimate of drug-likeness (QED) is 0.205. The van der Waals surface area contributed by atoms with Crippen molar-refractivity contribution in [1.82, 2.24) is 9.97 Å². The second kappa shape index (κ2) is 9.81. The van der Waals surface area contributed by atoms with Crippen LogP contribution >= 0.6 is 11.3 Å². The monoisotopic (exact) mass is 547 g/mol. The molecule has 3 heteroatoms. The normalized spacial score (nSPS) is 13.8. The van der Waals surface area contributed by atoms with Crippen LogP contribution in [0.5, 0.6) is 0 Å². The zero-order chi connectivity index (χ0) is 33.3. The number of thiophene rings is 1. The molecule has 0 fully saturated rings. The predicted molar refractivity (Wildman–Crippen MR) is 174 cm³/mol. The van der Waals surface area contributed by atoms with Crippen molar-refractivity contribution in [2.75, 3.05) is 0 Å². The average molecular weight is 548 g/mol. The topological polar surface area (TPSA) is 25.8 Å². The van der Waals surface area contributed by atoms with Crippen molar-refractivity contribution < 1.29 is 9.60 Å². The Morgan fingerprint density at radius 2 is 1.20 bits per heavy atom. The summed E-state index contributed by atoms with van der Waals surface area (Å²) in [6, 6.07) is 32.6. The van der Waals surface area contributed by atoms with E-state index in [0.717, 1.165) is 42.8 Å². The van der Waals surface area contributed by atoms with Crippen LogP contribution in [0.4, 0.5) is 0 Å². The fraction of sp³-hybridized carbons (Fsp3) is 0. The van der Waals surface area contributed by atoms with Crippen LogP contribution in [0.3, 0.4) is 0 Å². The van der Waals surface area contributed by atoms with Gasteiger partial charge in [-0.2, -0.15) is 0 Å². The van der Waals surface area contributed by atoms with E-state index < -0.39 is 12.2 Å². The smallest absolute Gasteiger partial charge is 0.0972 e. The van der Waals surface area contributed by atoms with Crippen molar-refractivity contribution >= 4 is 43.9 Å².